The topological polar surface area (TPSA) is 63.2 Å². The Morgan fingerprint density at radius 3 is 2.77 bits per heavy atom. The van der Waals surface area contributed by atoms with Gasteiger partial charge in [-0.2, -0.15) is 0 Å². The highest BCUT2D eigenvalue weighted by Crippen LogP contribution is 2.19. The van der Waals surface area contributed by atoms with E-state index in [0.717, 1.165) is 11.4 Å². The fourth-order valence-corrected chi connectivity index (χ4v) is 1.86. The summed E-state index contributed by atoms with van der Waals surface area (Å²) in [6, 6.07) is 10.9. The molecule has 2 N–H and O–H groups in total. The molecular weight excluding hydrogens is 278 g/mol. The van der Waals surface area contributed by atoms with Gasteiger partial charge in [-0.15, -0.1) is 6.58 Å². The first-order chi connectivity index (χ1) is 10.7. The average molecular weight is 297 g/mol. The van der Waals surface area contributed by atoms with Gasteiger partial charge in [-0.1, -0.05) is 6.08 Å². The monoisotopic (exact) mass is 297 g/mol. The molecule has 1 amide bonds. The van der Waals surface area contributed by atoms with E-state index in [1.54, 1.807) is 24.4 Å². The molecule has 22 heavy (non-hydrogen) atoms. The predicted octanol–water partition coefficient (Wildman–Crippen LogP) is 3.14. The number of hydrogen-bond donors (Lipinski definition) is 2. The zero-order chi connectivity index (χ0) is 15.8. The molecule has 0 atom stereocenters. The quantitative estimate of drug-likeness (QED) is 0.771. The fourth-order valence-electron chi connectivity index (χ4n) is 1.86. The van der Waals surface area contributed by atoms with Gasteiger partial charge in [-0.3, -0.25) is 4.79 Å². The van der Waals surface area contributed by atoms with Crippen LogP contribution in [0.1, 0.15) is 17.3 Å². The second-order valence-corrected chi connectivity index (χ2v) is 4.51. The second-order valence-electron chi connectivity index (χ2n) is 4.51. The van der Waals surface area contributed by atoms with Gasteiger partial charge in [0.2, 0.25) is 0 Å². The van der Waals surface area contributed by atoms with E-state index >= 15 is 0 Å². The number of rotatable bonds is 7. The van der Waals surface area contributed by atoms with E-state index in [1.165, 1.54) is 0 Å². The van der Waals surface area contributed by atoms with Gasteiger partial charge in [-0.05, 0) is 43.3 Å². The number of benzene rings is 1. The molecule has 0 saturated heterocycles. The van der Waals surface area contributed by atoms with E-state index in [1.807, 2.05) is 31.2 Å². The smallest absolute Gasteiger partial charge is 0.251 e. The molecular formula is C17H19N3O2. The summed E-state index contributed by atoms with van der Waals surface area (Å²) in [6.07, 6.45) is 3.23. The maximum absolute atomic E-state index is 11.9. The van der Waals surface area contributed by atoms with Crippen LogP contribution in [0.25, 0.3) is 0 Å². The molecule has 0 bridgehead atoms. The zero-order valence-electron chi connectivity index (χ0n) is 12.5. The third-order valence-corrected chi connectivity index (χ3v) is 2.87. The summed E-state index contributed by atoms with van der Waals surface area (Å²) in [7, 11) is 0. The minimum Gasteiger partial charge on any atom is -0.494 e. The normalized spacial score (nSPS) is 9.86. The van der Waals surface area contributed by atoms with Crippen molar-refractivity contribution in [2.75, 3.05) is 18.5 Å². The predicted molar refractivity (Wildman–Crippen MR) is 87.7 cm³/mol. The summed E-state index contributed by atoms with van der Waals surface area (Å²) < 4.78 is 5.39. The maximum Gasteiger partial charge on any atom is 0.251 e. The number of nitrogens with one attached hydrogen (secondary N) is 2. The minimum atomic E-state index is -0.156. The van der Waals surface area contributed by atoms with E-state index in [0.29, 0.717) is 24.5 Å². The molecule has 2 aromatic rings. The van der Waals surface area contributed by atoms with Crippen LogP contribution in [-0.4, -0.2) is 24.0 Å². The number of carbonyl (C=O) groups excluding carboxylic acids is 1. The lowest BCUT2D eigenvalue weighted by molar-refractivity contribution is 0.0958. The van der Waals surface area contributed by atoms with Crippen LogP contribution in [0.15, 0.2) is 55.3 Å². The summed E-state index contributed by atoms with van der Waals surface area (Å²) in [6.45, 7) is 6.58. The number of amides is 1. The lowest BCUT2D eigenvalue weighted by atomic mass is 10.2. The first kappa shape index (κ1) is 15.6. The number of ether oxygens (including phenoxy) is 1. The van der Waals surface area contributed by atoms with Crippen molar-refractivity contribution < 1.29 is 9.53 Å². The van der Waals surface area contributed by atoms with E-state index in [-0.39, 0.29) is 5.91 Å². The minimum absolute atomic E-state index is 0.156. The van der Waals surface area contributed by atoms with E-state index in [4.69, 9.17) is 4.74 Å². The third-order valence-electron chi connectivity index (χ3n) is 2.87. The maximum atomic E-state index is 11.9. The van der Waals surface area contributed by atoms with Gasteiger partial charge >= 0.3 is 0 Å². The van der Waals surface area contributed by atoms with E-state index in [2.05, 4.69) is 22.2 Å². The molecule has 0 fully saturated rings. The van der Waals surface area contributed by atoms with Gasteiger partial charge < -0.3 is 15.4 Å². The van der Waals surface area contributed by atoms with Crippen LogP contribution in [0.2, 0.25) is 0 Å². The lowest BCUT2D eigenvalue weighted by Gasteiger charge is -2.09. The molecule has 0 radical (unpaired) electrons. The fraction of sp³-hybridized carbons (Fsp3) is 0.176. The summed E-state index contributed by atoms with van der Waals surface area (Å²) >= 11 is 0. The Bertz CT molecular complexity index is 639. The molecule has 0 aliphatic carbocycles. The van der Waals surface area contributed by atoms with Gasteiger partial charge in [0.15, 0.2) is 0 Å². The number of pyridine rings is 1. The number of anilines is 2. The van der Waals surface area contributed by atoms with Crippen LogP contribution < -0.4 is 15.4 Å². The molecule has 114 valence electrons. The molecule has 5 heteroatoms. The largest absolute Gasteiger partial charge is 0.494 e. The van der Waals surface area contributed by atoms with Crippen LogP contribution in [0.5, 0.6) is 5.75 Å². The van der Waals surface area contributed by atoms with Crippen molar-refractivity contribution >= 4 is 17.4 Å². The highest BCUT2D eigenvalue weighted by molar-refractivity contribution is 5.95. The molecule has 0 unspecified atom stereocenters. The van der Waals surface area contributed by atoms with E-state index in [9.17, 15) is 4.79 Å². The first-order valence-electron chi connectivity index (χ1n) is 7.08. The zero-order valence-corrected chi connectivity index (χ0v) is 12.5. The standard InChI is InChI=1S/C17H19N3O2/c1-3-10-19-17(21)13-9-11-18-16(12-13)20-14-5-7-15(8-6-14)22-4-2/h3,5-9,11-12H,1,4,10H2,2H3,(H,18,20)(H,19,21). The SMILES string of the molecule is C=CCNC(=O)c1ccnc(Nc2ccc(OCC)cc2)c1. The highest BCUT2D eigenvalue weighted by atomic mass is 16.5. The molecule has 5 nitrogen and oxygen atoms in total. The summed E-state index contributed by atoms with van der Waals surface area (Å²) in [5.41, 5.74) is 1.42. The van der Waals surface area contributed by atoms with Gasteiger partial charge in [-0.25, -0.2) is 4.98 Å². The molecule has 1 heterocycles. The van der Waals surface area contributed by atoms with Crippen molar-refractivity contribution in [2.24, 2.45) is 0 Å². The Hall–Kier alpha value is -2.82. The van der Waals surface area contributed by atoms with Gasteiger partial charge in [0, 0.05) is 24.0 Å². The molecule has 0 aliphatic rings. The Balaban J connectivity index is 2.06. The van der Waals surface area contributed by atoms with Gasteiger partial charge in [0.05, 0.1) is 6.61 Å². The van der Waals surface area contributed by atoms with Crippen LogP contribution >= 0.6 is 0 Å². The second kappa shape index (κ2) is 7.83. The van der Waals surface area contributed by atoms with Crippen molar-refractivity contribution in [1.29, 1.82) is 0 Å². The van der Waals surface area contributed by atoms with Crippen molar-refractivity contribution in [3.8, 4) is 5.75 Å². The molecule has 1 aromatic carbocycles. The average Bonchev–Trinajstić information content (AvgIpc) is 2.55. The first-order valence-corrected chi connectivity index (χ1v) is 7.08. The van der Waals surface area contributed by atoms with Crippen LogP contribution in [-0.2, 0) is 0 Å². The summed E-state index contributed by atoms with van der Waals surface area (Å²) in [5.74, 6) is 1.27. The number of aromatic nitrogens is 1. The van der Waals surface area contributed by atoms with E-state index < -0.39 is 0 Å². The van der Waals surface area contributed by atoms with Crippen molar-refractivity contribution in [3.05, 3.63) is 60.8 Å². The van der Waals surface area contributed by atoms with Crippen LogP contribution in [0, 0.1) is 0 Å². The third kappa shape index (κ3) is 4.34. The Labute approximate surface area is 130 Å². The van der Waals surface area contributed by atoms with Gasteiger partial charge in [0.1, 0.15) is 11.6 Å². The molecule has 0 spiro atoms. The van der Waals surface area contributed by atoms with Crippen molar-refractivity contribution in [3.63, 3.8) is 0 Å². The Morgan fingerprint density at radius 1 is 1.32 bits per heavy atom. The molecule has 2 rings (SSSR count). The lowest BCUT2D eigenvalue weighted by Crippen LogP contribution is -2.23. The van der Waals surface area contributed by atoms with Gasteiger partial charge in [0.25, 0.3) is 5.91 Å². The van der Waals surface area contributed by atoms with Crippen LogP contribution in [0.4, 0.5) is 11.5 Å². The Morgan fingerprint density at radius 2 is 2.09 bits per heavy atom. The van der Waals surface area contributed by atoms with Crippen molar-refractivity contribution in [1.82, 2.24) is 10.3 Å². The highest BCUT2D eigenvalue weighted by Gasteiger charge is 2.06. The summed E-state index contributed by atoms with van der Waals surface area (Å²) in [5, 5.41) is 5.89. The molecule has 1 aromatic heterocycles. The number of hydrogen-bond acceptors (Lipinski definition) is 4. The van der Waals surface area contributed by atoms with Crippen LogP contribution in [0.3, 0.4) is 0 Å². The molecule has 0 saturated carbocycles. The Kier molecular flexibility index (Phi) is 5.54. The number of carbonyl (C=O) groups is 1. The van der Waals surface area contributed by atoms with Crippen molar-refractivity contribution in [2.45, 2.75) is 6.92 Å². The number of nitrogens with zero attached hydrogens (tertiary/aromatic N) is 1. The summed E-state index contributed by atoms with van der Waals surface area (Å²) in [4.78, 5) is 16.1. The molecule has 0 aliphatic heterocycles.